The van der Waals surface area contributed by atoms with E-state index in [0.717, 1.165) is 21.0 Å². The second-order valence-corrected chi connectivity index (χ2v) is 8.80. The topological polar surface area (TPSA) is 79.5 Å². The van der Waals surface area contributed by atoms with Gasteiger partial charge >= 0.3 is 5.97 Å². The van der Waals surface area contributed by atoms with Gasteiger partial charge in [0.25, 0.3) is 0 Å². The number of furan rings is 1. The summed E-state index contributed by atoms with van der Waals surface area (Å²) >= 11 is 4.66. The zero-order valence-electron chi connectivity index (χ0n) is 18.2. The number of nitrogens with one attached hydrogen (secondary N) is 1. The molecule has 2 aromatic carbocycles. The number of para-hydroxylation sites is 1. The smallest absolute Gasteiger partial charge is 0.339 e. The maximum atomic E-state index is 12.5. The molecule has 0 atom stereocenters. The summed E-state index contributed by atoms with van der Waals surface area (Å²) in [5.74, 6) is -1.38. The molecular formula is C27H22BrNO4S. The zero-order valence-corrected chi connectivity index (χ0v) is 20.6. The molecule has 2 aromatic heterocycles. The molecule has 0 aliphatic heterocycles. The summed E-state index contributed by atoms with van der Waals surface area (Å²) in [6.07, 6.45) is 8.73. The van der Waals surface area contributed by atoms with Gasteiger partial charge in [-0.2, -0.15) is 0 Å². The Morgan fingerprint density at radius 2 is 1.74 bits per heavy atom. The molecule has 7 heteroatoms. The van der Waals surface area contributed by atoms with Crippen molar-refractivity contribution < 1.29 is 19.1 Å². The number of carbonyl (C=O) groups is 2. The van der Waals surface area contributed by atoms with E-state index in [0.29, 0.717) is 16.1 Å². The number of halogens is 1. The molecular weight excluding hydrogens is 514 g/mol. The van der Waals surface area contributed by atoms with Crippen LogP contribution in [-0.2, 0) is 11.2 Å². The second-order valence-electron chi connectivity index (χ2n) is 7.00. The third-order valence-corrected chi connectivity index (χ3v) is 6.24. The van der Waals surface area contributed by atoms with Crippen LogP contribution in [0.3, 0.4) is 0 Å². The normalized spacial score (nSPS) is 10.5. The number of rotatable bonds is 7. The number of allylic oxidation sites excluding steroid dienone is 4. The van der Waals surface area contributed by atoms with E-state index in [9.17, 15) is 14.7 Å². The van der Waals surface area contributed by atoms with Gasteiger partial charge in [-0.1, -0.05) is 83.7 Å². The fraction of sp³-hybridized carbons (Fsp3) is 0.0370. The Morgan fingerprint density at radius 1 is 1.06 bits per heavy atom. The number of benzene rings is 2. The van der Waals surface area contributed by atoms with Gasteiger partial charge < -0.3 is 14.8 Å². The second kappa shape index (κ2) is 12.0. The van der Waals surface area contributed by atoms with Crippen LogP contribution in [0.4, 0.5) is 5.69 Å². The average molecular weight is 536 g/mol. The number of thiophene rings is 1. The Hall–Kier alpha value is -3.68. The SMILES string of the molecule is C=C/C=C\C=C.O=C(Cc1coc2ccccc12)Nc1csc(-c2ccc(Br)cc2)c1C(=O)O. The van der Waals surface area contributed by atoms with Crippen LogP contribution >= 0.6 is 27.3 Å². The van der Waals surface area contributed by atoms with Crippen molar-refractivity contribution in [1.29, 1.82) is 0 Å². The van der Waals surface area contributed by atoms with Crippen LogP contribution in [0.25, 0.3) is 21.4 Å². The molecule has 0 aliphatic carbocycles. The van der Waals surface area contributed by atoms with E-state index in [1.165, 1.54) is 11.3 Å². The quantitative estimate of drug-likeness (QED) is 0.237. The molecule has 0 aliphatic rings. The first-order chi connectivity index (χ1) is 16.4. The van der Waals surface area contributed by atoms with Gasteiger partial charge in [0.2, 0.25) is 5.91 Å². The van der Waals surface area contributed by atoms with E-state index in [4.69, 9.17) is 4.42 Å². The number of carboxylic acid groups (broad SMARTS) is 1. The summed E-state index contributed by atoms with van der Waals surface area (Å²) in [5.41, 5.74) is 2.65. The number of hydrogen-bond donors (Lipinski definition) is 2. The fourth-order valence-electron chi connectivity index (χ4n) is 3.17. The lowest BCUT2D eigenvalue weighted by Crippen LogP contribution is -2.16. The lowest BCUT2D eigenvalue weighted by Gasteiger charge is -2.06. The van der Waals surface area contributed by atoms with E-state index in [2.05, 4.69) is 34.4 Å². The van der Waals surface area contributed by atoms with Crippen LogP contribution in [-0.4, -0.2) is 17.0 Å². The van der Waals surface area contributed by atoms with Crippen LogP contribution in [0.2, 0.25) is 0 Å². The van der Waals surface area contributed by atoms with E-state index in [1.54, 1.807) is 23.8 Å². The summed E-state index contributed by atoms with van der Waals surface area (Å²) in [7, 11) is 0. The maximum absolute atomic E-state index is 12.5. The van der Waals surface area contributed by atoms with Crippen LogP contribution in [0.1, 0.15) is 15.9 Å². The van der Waals surface area contributed by atoms with Crippen molar-refractivity contribution in [3.05, 3.63) is 113 Å². The first kappa shape index (κ1) is 25.0. The fourth-order valence-corrected chi connectivity index (χ4v) is 4.43. The monoisotopic (exact) mass is 535 g/mol. The number of carboxylic acids is 1. The van der Waals surface area contributed by atoms with Gasteiger partial charge in [-0.15, -0.1) is 11.3 Å². The number of hydrogen-bond acceptors (Lipinski definition) is 4. The molecule has 0 unspecified atom stereocenters. The number of carbonyl (C=O) groups excluding carboxylic acids is 1. The van der Waals surface area contributed by atoms with Gasteiger partial charge in [-0.05, 0) is 23.8 Å². The number of anilines is 1. The predicted molar refractivity (Wildman–Crippen MR) is 142 cm³/mol. The van der Waals surface area contributed by atoms with Gasteiger partial charge in [0.15, 0.2) is 0 Å². The van der Waals surface area contributed by atoms with Crippen molar-refractivity contribution in [3.63, 3.8) is 0 Å². The third kappa shape index (κ3) is 6.21. The molecule has 0 spiro atoms. The number of fused-ring (bicyclic) bond motifs is 1. The van der Waals surface area contributed by atoms with Crippen molar-refractivity contribution in [2.75, 3.05) is 5.32 Å². The molecule has 2 heterocycles. The average Bonchev–Trinajstić information content (AvgIpc) is 3.43. The summed E-state index contributed by atoms with van der Waals surface area (Å²) in [5, 5.41) is 15.0. The predicted octanol–water partition coefficient (Wildman–Crippen LogP) is 7.72. The Bertz CT molecular complexity index is 1340. The number of amides is 1. The van der Waals surface area contributed by atoms with Crippen LogP contribution in [0.5, 0.6) is 0 Å². The van der Waals surface area contributed by atoms with Crippen molar-refractivity contribution >= 4 is 55.8 Å². The minimum absolute atomic E-state index is 0.0951. The highest BCUT2D eigenvalue weighted by molar-refractivity contribution is 9.10. The molecule has 0 radical (unpaired) electrons. The molecule has 0 bridgehead atoms. The summed E-state index contributed by atoms with van der Waals surface area (Å²) in [6, 6.07) is 14.8. The van der Waals surface area contributed by atoms with Crippen LogP contribution in [0.15, 0.2) is 107 Å². The first-order valence-electron chi connectivity index (χ1n) is 10.2. The molecule has 0 fully saturated rings. The molecule has 172 valence electrons. The largest absolute Gasteiger partial charge is 0.478 e. The Balaban J connectivity index is 0.000000481. The Labute approximate surface area is 209 Å². The van der Waals surface area contributed by atoms with Gasteiger partial charge in [0.05, 0.1) is 23.2 Å². The zero-order chi connectivity index (χ0) is 24.5. The molecule has 5 nitrogen and oxygen atoms in total. The van der Waals surface area contributed by atoms with Crippen molar-refractivity contribution in [1.82, 2.24) is 0 Å². The standard InChI is InChI=1S/C21H14BrNO4S.C6H8/c22-14-7-5-12(6-8-14)20-19(21(25)26)16(11-28-20)23-18(24)9-13-10-27-17-4-2-1-3-15(13)17;1-3-5-6-4-2/h1-8,10-11H,9H2,(H,23,24)(H,25,26);3-6H,1-2H2/b;6-5-. The van der Waals surface area contributed by atoms with Crippen molar-refractivity contribution in [2.24, 2.45) is 0 Å². The van der Waals surface area contributed by atoms with Crippen molar-refractivity contribution in [2.45, 2.75) is 6.42 Å². The molecule has 0 saturated carbocycles. The summed E-state index contributed by atoms with van der Waals surface area (Å²) < 4.78 is 6.37. The lowest BCUT2D eigenvalue weighted by molar-refractivity contribution is -0.115. The van der Waals surface area contributed by atoms with Gasteiger partial charge in [0.1, 0.15) is 11.1 Å². The minimum Gasteiger partial charge on any atom is -0.478 e. The van der Waals surface area contributed by atoms with Crippen LogP contribution < -0.4 is 5.32 Å². The van der Waals surface area contributed by atoms with E-state index in [-0.39, 0.29) is 17.9 Å². The Kier molecular flexibility index (Phi) is 8.79. The lowest BCUT2D eigenvalue weighted by atomic mass is 10.1. The molecule has 34 heavy (non-hydrogen) atoms. The van der Waals surface area contributed by atoms with E-state index < -0.39 is 5.97 Å². The highest BCUT2D eigenvalue weighted by Gasteiger charge is 2.21. The molecule has 1 amide bonds. The summed E-state index contributed by atoms with van der Waals surface area (Å²) in [6.45, 7) is 6.93. The van der Waals surface area contributed by atoms with Gasteiger partial charge in [0, 0.05) is 20.8 Å². The van der Waals surface area contributed by atoms with Gasteiger partial charge in [-0.3, -0.25) is 4.79 Å². The Morgan fingerprint density at radius 3 is 2.38 bits per heavy atom. The van der Waals surface area contributed by atoms with Crippen molar-refractivity contribution in [3.8, 4) is 10.4 Å². The number of aromatic carboxylic acids is 1. The first-order valence-corrected chi connectivity index (χ1v) is 11.9. The van der Waals surface area contributed by atoms with Gasteiger partial charge in [-0.25, -0.2) is 4.79 Å². The van der Waals surface area contributed by atoms with E-state index >= 15 is 0 Å². The van der Waals surface area contributed by atoms with Crippen LogP contribution in [0, 0.1) is 0 Å². The minimum atomic E-state index is -1.08. The summed E-state index contributed by atoms with van der Waals surface area (Å²) in [4.78, 5) is 25.0. The maximum Gasteiger partial charge on any atom is 0.339 e. The molecule has 4 aromatic rings. The third-order valence-electron chi connectivity index (χ3n) is 4.68. The highest BCUT2D eigenvalue weighted by Crippen LogP contribution is 2.36. The highest BCUT2D eigenvalue weighted by atomic mass is 79.9. The van der Waals surface area contributed by atoms with E-state index in [1.807, 2.05) is 60.7 Å². The molecule has 0 saturated heterocycles. The molecule has 4 rings (SSSR count). The molecule has 2 N–H and O–H groups in total.